The van der Waals surface area contributed by atoms with Crippen molar-refractivity contribution in [3.8, 4) is 16.9 Å². The molecule has 4 aromatic rings. The molecule has 3 aliphatic rings. The van der Waals surface area contributed by atoms with E-state index >= 15 is 0 Å². The average Bonchev–Trinajstić information content (AvgIpc) is 3.51. The highest BCUT2D eigenvalue weighted by Gasteiger charge is 2.34. The maximum atomic E-state index is 12.8. The number of amides is 1. The third-order valence-corrected chi connectivity index (χ3v) is 8.90. The van der Waals surface area contributed by atoms with Gasteiger partial charge in [-0.2, -0.15) is 5.10 Å². The SMILES string of the molecule is CC(c1nc2c(cnn2C2CCOCC2)c(=O)[nH]1)N1CC(Oc2ccc(-c3ccc(C(=O)NOC4CCCCO4)cc3)cc2)C1. The molecule has 0 spiro atoms. The van der Waals surface area contributed by atoms with Crippen molar-refractivity contribution >= 4 is 16.9 Å². The molecule has 0 radical (unpaired) electrons. The highest BCUT2D eigenvalue weighted by atomic mass is 16.8. The number of benzene rings is 2. The van der Waals surface area contributed by atoms with Gasteiger partial charge in [0.2, 0.25) is 0 Å². The molecule has 12 nitrogen and oxygen atoms in total. The lowest BCUT2D eigenvalue weighted by Gasteiger charge is -2.42. The van der Waals surface area contributed by atoms with E-state index in [-0.39, 0.29) is 35.9 Å². The molecule has 3 aliphatic heterocycles. The molecule has 1 amide bonds. The number of aromatic amines is 1. The fraction of sp³-hybridized carbons (Fsp3) is 0.455. The van der Waals surface area contributed by atoms with E-state index in [4.69, 9.17) is 24.0 Å². The minimum atomic E-state index is -0.384. The Bertz CT molecular complexity index is 1670. The summed E-state index contributed by atoms with van der Waals surface area (Å²) in [7, 11) is 0. The summed E-state index contributed by atoms with van der Waals surface area (Å²) in [5.41, 5.74) is 5.51. The summed E-state index contributed by atoms with van der Waals surface area (Å²) in [6, 6.07) is 15.5. The van der Waals surface area contributed by atoms with Crippen LogP contribution in [-0.2, 0) is 14.3 Å². The zero-order chi connectivity index (χ0) is 30.8. The minimum Gasteiger partial charge on any atom is -0.488 e. The van der Waals surface area contributed by atoms with Crippen molar-refractivity contribution in [1.29, 1.82) is 0 Å². The number of nitrogens with one attached hydrogen (secondary N) is 2. The molecule has 45 heavy (non-hydrogen) atoms. The second kappa shape index (κ2) is 13.1. The largest absolute Gasteiger partial charge is 0.488 e. The quantitative estimate of drug-likeness (QED) is 0.267. The van der Waals surface area contributed by atoms with Crippen LogP contribution in [0.2, 0.25) is 0 Å². The first-order valence-corrected chi connectivity index (χ1v) is 15.8. The number of rotatable bonds is 9. The third kappa shape index (κ3) is 6.50. The number of carbonyl (C=O) groups is 1. The molecule has 0 aliphatic carbocycles. The second-order valence-electron chi connectivity index (χ2n) is 11.9. The van der Waals surface area contributed by atoms with Crippen LogP contribution in [0.4, 0.5) is 0 Å². The van der Waals surface area contributed by atoms with Gasteiger partial charge in [-0.3, -0.25) is 14.5 Å². The van der Waals surface area contributed by atoms with Gasteiger partial charge in [-0.15, -0.1) is 0 Å². The van der Waals surface area contributed by atoms with Gasteiger partial charge in [0.05, 0.1) is 18.3 Å². The fourth-order valence-corrected chi connectivity index (χ4v) is 6.10. The first-order chi connectivity index (χ1) is 22.0. The summed E-state index contributed by atoms with van der Waals surface area (Å²) in [4.78, 5) is 40.8. The molecule has 7 rings (SSSR count). The van der Waals surface area contributed by atoms with E-state index in [0.29, 0.717) is 42.2 Å². The van der Waals surface area contributed by atoms with E-state index in [2.05, 4.69) is 27.4 Å². The Balaban J connectivity index is 0.921. The predicted molar refractivity (Wildman–Crippen MR) is 166 cm³/mol. The number of likely N-dealkylation sites (tertiary alicyclic amines) is 1. The number of hydrogen-bond donors (Lipinski definition) is 2. The molecule has 236 valence electrons. The highest BCUT2D eigenvalue weighted by Crippen LogP contribution is 2.29. The van der Waals surface area contributed by atoms with Crippen LogP contribution in [0.1, 0.15) is 67.3 Å². The monoisotopic (exact) mass is 614 g/mol. The molecule has 3 fully saturated rings. The molecule has 5 heterocycles. The van der Waals surface area contributed by atoms with Crippen molar-refractivity contribution in [1.82, 2.24) is 30.1 Å². The molecule has 2 unspecified atom stereocenters. The lowest BCUT2D eigenvalue weighted by atomic mass is 10.0. The number of hydrogen-bond acceptors (Lipinski definition) is 9. The van der Waals surface area contributed by atoms with Crippen molar-refractivity contribution < 1.29 is 23.8 Å². The molecular weight excluding hydrogens is 576 g/mol. The van der Waals surface area contributed by atoms with E-state index in [0.717, 1.165) is 62.1 Å². The van der Waals surface area contributed by atoms with E-state index in [1.165, 1.54) is 0 Å². The molecular formula is C33H38N6O6. The number of fused-ring (bicyclic) bond motifs is 1. The first kappa shape index (κ1) is 29.6. The van der Waals surface area contributed by atoms with Crippen LogP contribution in [0.3, 0.4) is 0 Å². The highest BCUT2D eigenvalue weighted by molar-refractivity contribution is 5.94. The Kier molecular flexibility index (Phi) is 8.61. The molecule has 2 aromatic carbocycles. The van der Waals surface area contributed by atoms with Crippen LogP contribution in [-0.4, -0.2) is 75.9 Å². The Labute approximate surface area is 260 Å². The minimum absolute atomic E-state index is 0.0422. The molecule has 2 aromatic heterocycles. The maximum absolute atomic E-state index is 12.8. The van der Waals surface area contributed by atoms with Crippen LogP contribution < -0.4 is 15.8 Å². The topological polar surface area (TPSA) is 133 Å². The van der Waals surface area contributed by atoms with Crippen LogP contribution in [0.15, 0.2) is 59.5 Å². The van der Waals surface area contributed by atoms with E-state index < -0.39 is 0 Å². The number of nitrogens with zero attached hydrogens (tertiary/aromatic N) is 4. The van der Waals surface area contributed by atoms with Gasteiger partial charge in [0.25, 0.3) is 11.5 Å². The van der Waals surface area contributed by atoms with Gasteiger partial charge in [0, 0.05) is 44.9 Å². The maximum Gasteiger partial charge on any atom is 0.274 e. The average molecular weight is 615 g/mol. The van der Waals surface area contributed by atoms with Gasteiger partial charge < -0.3 is 19.2 Å². The standard InChI is InChI=1S/C33H38N6O6/c1-21(30-35-31-28(33(41)36-30)18-34-39(31)25-13-16-42-17-14-25)38-19-27(20-38)44-26-11-9-23(10-12-26)22-5-7-24(8-6-22)32(40)37-45-29-4-2-3-15-43-29/h5-12,18,21,25,27,29H,2-4,13-17,19-20H2,1H3,(H,37,40)(H,35,36,41). The molecule has 2 N–H and O–H groups in total. The summed E-state index contributed by atoms with van der Waals surface area (Å²) in [6.45, 7) is 5.54. The Morgan fingerprint density at radius 2 is 1.73 bits per heavy atom. The lowest BCUT2D eigenvalue weighted by molar-refractivity contribution is -0.186. The van der Waals surface area contributed by atoms with Crippen molar-refractivity contribution in [2.45, 2.75) is 63.5 Å². The number of carbonyl (C=O) groups excluding carboxylic acids is 1. The van der Waals surface area contributed by atoms with Crippen LogP contribution in [0, 0.1) is 0 Å². The molecule has 2 atom stereocenters. The summed E-state index contributed by atoms with van der Waals surface area (Å²) >= 11 is 0. The fourth-order valence-electron chi connectivity index (χ4n) is 6.10. The number of ether oxygens (including phenoxy) is 3. The zero-order valence-electron chi connectivity index (χ0n) is 25.3. The second-order valence-corrected chi connectivity index (χ2v) is 11.9. The van der Waals surface area contributed by atoms with Gasteiger partial charge in [0.15, 0.2) is 11.9 Å². The van der Waals surface area contributed by atoms with Gasteiger partial charge in [-0.1, -0.05) is 24.3 Å². The van der Waals surface area contributed by atoms with Crippen LogP contribution in [0.25, 0.3) is 22.2 Å². The van der Waals surface area contributed by atoms with Gasteiger partial charge in [-0.25, -0.2) is 20.0 Å². The van der Waals surface area contributed by atoms with Gasteiger partial charge >= 0.3 is 0 Å². The molecule has 0 saturated carbocycles. The summed E-state index contributed by atoms with van der Waals surface area (Å²) < 4.78 is 19.1. The van der Waals surface area contributed by atoms with Gasteiger partial charge in [0.1, 0.15) is 23.1 Å². The summed E-state index contributed by atoms with van der Waals surface area (Å²) in [5, 5.41) is 5.01. The van der Waals surface area contributed by atoms with Crippen LogP contribution >= 0.6 is 0 Å². The molecule has 12 heteroatoms. The van der Waals surface area contributed by atoms with Crippen LogP contribution in [0.5, 0.6) is 5.75 Å². The van der Waals surface area contributed by atoms with Crippen molar-refractivity contribution in [2.24, 2.45) is 0 Å². The van der Waals surface area contributed by atoms with Crippen molar-refractivity contribution in [3.63, 3.8) is 0 Å². The molecule has 0 bridgehead atoms. The zero-order valence-corrected chi connectivity index (χ0v) is 25.3. The van der Waals surface area contributed by atoms with Crippen molar-refractivity contribution in [3.05, 3.63) is 76.5 Å². The first-order valence-electron chi connectivity index (χ1n) is 15.8. The normalized spacial score (nSPS) is 20.5. The number of hydroxylamine groups is 1. The lowest BCUT2D eigenvalue weighted by Crippen LogP contribution is -2.54. The Morgan fingerprint density at radius 3 is 2.44 bits per heavy atom. The third-order valence-electron chi connectivity index (χ3n) is 8.90. The van der Waals surface area contributed by atoms with Gasteiger partial charge in [-0.05, 0) is 68.0 Å². The molecule has 3 saturated heterocycles. The van der Waals surface area contributed by atoms with E-state index in [1.54, 1.807) is 18.3 Å². The predicted octanol–water partition coefficient (Wildman–Crippen LogP) is 4.15. The van der Waals surface area contributed by atoms with Crippen molar-refractivity contribution in [2.75, 3.05) is 32.9 Å². The number of aromatic nitrogens is 4. The van der Waals surface area contributed by atoms with E-state index in [9.17, 15) is 9.59 Å². The summed E-state index contributed by atoms with van der Waals surface area (Å²) in [5.74, 6) is 1.13. The smallest absolute Gasteiger partial charge is 0.274 e. The number of H-pyrrole nitrogens is 1. The van der Waals surface area contributed by atoms with E-state index in [1.807, 2.05) is 41.1 Å². The Hall–Kier alpha value is -4.10. The summed E-state index contributed by atoms with van der Waals surface area (Å²) in [6.07, 6.45) is 5.82. The Morgan fingerprint density at radius 1 is 1.00 bits per heavy atom.